The Kier molecular flexibility index (Phi) is 6.28. The van der Waals surface area contributed by atoms with Crippen LogP contribution >= 0.6 is 11.3 Å². The fourth-order valence-corrected chi connectivity index (χ4v) is 4.09. The van der Waals surface area contributed by atoms with Crippen LogP contribution in [-0.2, 0) is 9.59 Å². The van der Waals surface area contributed by atoms with Crippen molar-refractivity contribution in [2.75, 3.05) is 24.5 Å². The number of amides is 2. The second-order valence-electron chi connectivity index (χ2n) is 7.28. The Morgan fingerprint density at radius 1 is 1.30 bits per heavy atom. The van der Waals surface area contributed by atoms with E-state index in [0.717, 1.165) is 36.6 Å². The smallest absolute Gasteiger partial charge is 0.239 e. The molecule has 2 heterocycles. The lowest BCUT2D eigenvalue weighted by atomic mass is 10.0. The van der Waals surface area contributed by atoms with Gasteiger partial charge in [0.2, 0.25) is 11.8 Å². The van der Waals surface area contributed by atoms with Gasteiger partial charge in [-0.05, 0) is 30.9 Å². The molecule has 0 unspecified atom stereocenters. The van der Waals surface area contributed by atoms with Crippen LogP contribution in [0.15, 0.2) is 24.3 Å². The first-order valence-electron chi connectivity index (χ1n) is 9.37. The molecule has 2 amide bonds. The fraction of sp³-hybridized carbons (Fsp3) is 0.526. The number of nitrogens with zero attached hydrogens (tertiary/aromatic N) is 2. The zero-order valence-corrected chi connectivity index (χ0v) is 16.6. The lowest BCUT2D eigenvalue weighted by molar-refractivity contribution is -0.127. The second kappa shape index (κ2) is 8.67. The highest BCUT2D eigenvalue weighted by Crippen LogP contribution is 2.30. The number of benzene rings is 1. The summed E-state index contributed by atoms with van der Waals surface area (Å²) in [6.07, 6.45) is 1.72. The second-order valence-corrected chi connectivity index (χ2v) is 8.29. The highest BCUT2D eigenvalue weighted by molar-refractivity contribution is 7.22. The number of nitrogens with two attached hydrogens (primary N) is 1. The minimum absolute atomic E-state index is 0.0304. The van der Waals surface area contributed by atoms with Crippen LogP contribution in [-0.4, -0.2) is 48.5 Å². The minimum atomic E-state index is -0.588. The topological polar surface area (TPSA) is 100 Å². The maximum absolute atomic E-state index is 12.1. The molecule has 1 atom stereocenters. The molecule has 0 spiro atoms. The van der Waals surface area contributed by atoms with Gasteiger partial charge < -0.3 is 21.3 Å². The molecule has 1 fully saturated rings. The Morgan fingerprint density at radius 3 is 2.67 bits per heavy atom. The van der Waals surface area contributed by atoms with E-state index in [4.69, 9.17) is 10.7 Å². The van der Waals surface area contributed by atoms with Crippen LogP contribution in [0, 0.1) is 5.92 Å². The predicted molar refractivity (Wildman–Crippen MR) is 109 cm³/mol. The highest BCUT2D eigenvalue weighted by atomic mass is 32.1. The summed E-state index contributed by atoms with van der Waals surface area (Å²) in [5, 5.41) is 6.65. The van der Waals surface area contributed by atoms with Gasteiger partial charge in [0.25, 0.3) is 0 Å². The highest BCUT2D eigenvalue weighted by Gasteiger charge is 2.23. The van der Waals surface area contributed by atoms with Crippen LogP contribution in [0.1, 0.15) is 26.7 Å². The van der Waals surface area contributed by atoms with Gasteiger partial charge in [0.15, 0.2) is 5.13 Å². The quantitative estimate of drug-likeness (QED) is 0.695. The van der Waals surface area contributed by atoms with E-state index in [2.05, 4.69) is 21.6 Å². The normalized spacial score (nSPS) is 16.5. The zero-order chi connectivity index (χ0) is 19.4. The molecule has 3 rings (SSSR count). The van der Waals surface area contributed by atoms with Crippen LogP contribution in [0.5, 0.6) is 0 Å². The third-order valence-electron chi connectivity index (χ3n) is 4.86. The van der Waals surface area contributed by atoms with E-state index in [1.807, 2.05) is 32.0 Å². The van der Waals surface area contributed by atoms with Crippen molar-refractivity contribution >= 4 is 38.5 Å². The maximum Gasteiger partial charge on any atom is 0.239 e. The Hall–Kier alpha value is -2.19. The molecule has 0 bridgehead atoms. The summed E-state index contributed by atoms with van der Waals surface area (Å²) in [4.78, 5) is 30.9. The van der Waals surface area contributed by atoms with Gasteiger partial charge in [-0.25, -0.2) is 4.98 Å². The zero-order valence-electron chi connectivity index (χ0n) is 15.8. The molecule has 1 aromatic carbocycles. The molecule has 146 valence electrons. The third kappa shape index (κ3) is 4.95. The number of thiazole rings is 1. The van der Waals surface area contributed by atoms with Crippen LogP contribution in [0.3, 0.4) is 0 Å². The lowest BCUT2D eigenvalue weighted by Gasteiger charge is -2.32. The minimum Gasteiger partial charge on any atom is -0.352 e. The molecule has 0 radical (unpaired) electrons. The van der Waals surface area contributed by atoms with Gasteiger partial charge in [-0.2, -0.15) is 0 Å². The molecular weight excluding hydrogens is 362 g/mol. The monoisotopic (exact) mass is 389 g/mol. The number of piperidine rings is 1. The largest absolute Gasteiger partial charge is 0.352 e. The fourth-order valence-electron chi connectivity index (χ4n) is 3.08. The number of carbonyl (C=O) groups is 2. The van der Waals surface area contributed by atoms with Gasteiger partial charge >= 0.3 is 0 Å². The number of aromatic nitrogens is 1. The van der Waals surface area contributed by atoms with Crippen molar-refractivity contribution in [2.24, 2.45) is 11.7 Å². The van der Waals surface area contributed by atoms with Gasteiger partial charge in [-0.1, -0.05) is 37.3 Å². The van der Waals surface area contributed by atoms with E-state index in [1.54, 1.807) is 11.3 Å². The molecule has 2 aromatic rings. The Morgan fingerprint density at radius 2 is 2.00 bits per heavy atom. The van der Waals surface area contributed by atoms with E-state index < -0.39 is 6.04 Å². The Labute approximate surface area is 163 Å². The summed E-state index contributed by atoms with van der Waals surface area (Å²) in [6, 6.07) is 7.68. The first-order valence-corrected chi connectivity index (χ1v) is 10.2. The van der Waals surface area contributed by atoms with Crippen LogP contribution < -0.4 is 21.3 Å². The van der Waals surface area contributed by atoms with Crippen molar-refractivity contribution in [1.82, 2.24) is 15.6 Å². The Bertz CT molecular complexity index is 765. The molecule has 7 nitrogen and oxygen atoms in total. The summed E-state index contributed by atoms with van der Waals surface area (Å²) >= 11 is 1.70. The summed E-state index contributed by atoms with van der Waals surface area (Å²) in [5.74, 6) is -0.413. The van der Waals surface area contributed by atoms with E-state index in [1.165, 1.54) is 4.70 Å². The van der Waals surface area contributed by atoms with Crippen LogP contribution in [0.4, 0.5) is 5.13 Å². The maximum atomic E-state index is 12.1. The number of nitrogens with one attached hydrogen (secondary N) is 2. The first-order chi connectivity index (χ1) is 12.9. The number of carbonyl (C=O) groups excluding carboxylic acids is 2. The molecule has 1 saturated heterocycles. The van der Waals surface area contributed by atoms with Gasteiger partial charge in [-0.15, -0.1) is 0 Å². The van der Waals surface area contributed by atoms with E-state index in [-0.39, 0.29) is 30.3 Å². The number of hydrogen-bond donors (Lipinski definition) is 3. The molecular formula is C19H27N5O2S. The standard InChI is InChI=1S/C19H27N5O2S/c1-12(2)17(20)18(26)21-11-16(25)22-13-7-9-24(10-8-13)19-23-14-5-3-4-6-15(14)27-19/h3-6,12-13,17H,7-11,20H2,1-2H3,(H,21,26)(H,22,25)/t17-/m0/s1. The van der Waals surface area contributed by atoms with Crippen molar-refractivity contribution in [3.05, 3.63) is 24.3 Å². The van der Waals surface area contributed by atoms with E-state index in [0.29, 0.717) is 0 Å². The van der Waals surface area contributed by atoms with Gasteiger partial charge in [0.05, 0.1) is 22.8 Å². The van der Waals surface area contributed by atoms with E-state index in [9.17, 15) is 9.59 Å². The molecule has 0 saturated carbocycles. The molecule has 1 aliphatic rings. The van der Waals surface area contributed by atoms with Crippen molar-refractivity contribution in [3.8, 4) is 0 Å². The molecule has 4 N–H and O–H groups in total. The average molecular weight is 390 g/mol. The van der Waals surface area contributed by atoms with Gasteiger partial charge in [0, 0.05) is 19.1 Å². The molecule has 27 heavy (non-hydrogen) atoms. The predicted octanol–water partition coefficient (Wildman–Crippen LogP) is 1.48. The van der Waals surface area contributed by atoms with Crippen molar-refractivity contribution in [1.29, 1.82) is 0 Å². The van der Waals surface area contributed by atoms with Crippen molar-refractivity contribution in [3.63, 3.8) is 0 Å². The molecule has 1 aromatic heterocycles. The summed E-state index contributed by atoms with van der Waals surface area (Å²) in [5.41, 5.74) is 6.81. The number of para-hydroxylation sites is 1. The SMILES string of the molecule is CC(C)[C@H](N)C(=O)NCC(=O)NC1CCN(c2nc3ccccc3s2)CC1. The number of fused-ring (bicyclic) bond motifs is 1. The lowest BCUT2D eigenvalue weighted by Crippen LogP contribution is -2.50. The van der Waals surface area contributed by atoms with Crippen molar-refractivity contribution in [2.45, 2.75) is 38.8 Å². The summed E-state index contributed by atoms with van der Waals surface area (Å²) in [6.45, 7) is 5.44. The van der Waals surface area contributed by atoms with Crippen LogP contribution in [0.2, 0.25) is 0 Å². The Balaban J connectivity index is 1.44. The molecule has 8 heteroatoms. The average Bonchev–Trinajstić information content (AvgIpc) is 3.10. The van der Waals surface area contributed by atoms with Gasteiger partial charge in [0.1, 0.15) is 0 Å². The summed E-state index contributed by atoms with van der Waals surface area (Å²) in [7, 11) is 0. The number of rotatable bonds is 6. The number of anilines is 1. The molecule has 1 aliphatic heterocycles. The number of hydrogen-bond acceptors (Lipinski definition) is 6. The summed E-state index contributed by atoms with van der Waals surface area (Å²) < 4.78 is 1.19. The van der Waals surface area contributed by atoms with Crippen molar-refractivity contribution < 1.29 is 9.59 Å². The third-order valence-corrected chi connectivity index (χ3v) is 5.95. The first kappa shape index (κ1) is 19.6. The molecule has 0 aliphatic carbocycles. The van der Waals surface area contributed by atoms with E-state index >= 15 is 0 Å². The van der Waals surface area contributed by atoms with Crippen LogP contribution in [0.25, 0.3) is 10.2 Å². The van der Waals surface area contributed by atoms with Gasteiger partial charge in [-0.3, -0.25) is 9.59 Å².